The van der Waals surface area contributed by atoms with E-state index in [-0.39, 0.29) is 0 Å². The molecule has 3 nitrogen and oxygen atoms in total. The zero-order valence-corrected chi connectivity index (χ0v) is 12.8. The molecule has 0 spiro atoms. The molecule has 2 heterocycles. The zero-order valence-electron chi connectivity index (χ0n) is 12.8. The van der Waals surface area contributed by atoms with Crippen LogP contribution in [0.3, 0.4) is 0 Å². The molecule has 23 heavy (non-hydrogen) atoms. The molecule has 0 aliphatic rings. The quantitative estimate of drug-likeness (QED) is 0.540. The molecule has 2 aromatic carbocycles. The average molecular weight is 297 g/mol. The Bertz CT molecular complexity index is 992. The number of hydrogen-bond acceptors (Lipinski definition) is 3. The SMILES string of the molecule is Cc1ccccc1-c1cccc(-c2ncc3ccccc3n2)n1. The summed E-state index contributed by atoms with van der Waals surface area (Å²) in [7, 11) is 0. The van der Waals surface area contributed by atoms with Crippen molar-refractivity contribution < 1.29 is 0 Å². The van der Waals surface area contributed by atoms with Gasteiger partial charge in [0.2, 0.25) is 0 Å². The van der Waals surface area contributed by atoms with E-state index in [1.165, 1.54) is 5.56 Å². The molecule has 0 N–H and O–H groups in total. The number of para-hydroxylation sites is 1. The van der Waals surface area contributed by atoms with Crippen molar-refractivity contribution in [3.63, 3.8) is 0 Å². The van der Waals surface area contributed by atoms with Crippen molar-refractivity contribution in [2.24, 2.45) is 0 Å². The van der Waals surface area contributed by atoms with Crippen LogP contribution >= 0.6 is 0 Å². The number of rotatable bonds is 2. The van der Waals surface area contributed by atoms with Gasteiger partial charge >= 0.3 is 0 Å². The summed E-state index contributed by atoms with van der Waals surface area (Å²) in [5, 5.41) is 1.03. The Morgan fingerprint density at radius 1 is 0.696 bits per heavy atom. The lowest BCUT2D eigenvalue weighted by Gasteiger charge is -2.07. The maximum Gasteiger partial charge on any atom is 0.178 e. The van der Waals surface area contributed by atoms with Gasteiger partial charge in [0, 0.05) is 17.1 Å². The van der Waals surface area contributed by atoms with E-state index in [1.807, 2.05) is 60.8 Å². The summed E-state index contributed by atoms with van der Waals surface area (Å²) < 4.78 is 0. The Balaban J connectivity index is 1.83. The summed E-state index contributed by atoms with van der Waals surface area (Å²) in [4.78, 5) is 13.8. The molecule has 0 fully saturated rings. The third-order valence-electron chi connectivity index (χ3n) is 3.89. The van der Waals surface area contributed by atoms with Gasteiger partial charge in [-0.15, -0.1) is 0 Å². The minimum absolute atomic E-state index is 0.652. The van der Waals surface area contributed by atoms with Gasteiger partial charge < -0.3 is 0 Å². The van der Waals surface area contributed by atoms with Crippen LogP contribution in [0.15, 0.2) is 72.9 Å². The van der Waals surface area contributed by atoms with Crippen molar-refractivity contribution in [3.8, 4) is 22.8 Å². The molecule has 0 aliphatic carbocycles. The van der Waals surface area contributed by atoms with E-state index in [0.717, 1.165) is 27.9 Å². The predicted molar refractivity (Wildman–Crippen MR) is 92.9 cm³/mol. The molecule has 4 aromatic rings. The standard InChI is InChI=1S/C20H15N3/c1-14-7-2-4-9-16(14)18-11-6-12-19(22-18)20-21-13-15-8-3-5-10-17(15)23-20/h2-13H,1H3. The second-order valence-corrected chi connectivity index (χ2v) is 5.48. The van der Waals surface area contributed by atoms with Gasteiger partial charge in [-0.25, -0.2) is 15.0 Å². The first kappa shape index (κ1) is 13.6. The Labute approximate surface area is 134 Å². The molecule has 0 radical (unpaired) electrons. The highest BCUT2D eigenvalue weighted by Crippen LogP contribution is 2.24. The highest BCUT2D eigenvalue weighted by molar-refractivity contribution is 5.79. The second-order valence-electron chi connectivity index (χ2n) is 5.48. The van der Waals surface area contributed by atoms with Crippen molar-refractivity contribution in [2.75, 3.05) is 0 Å². The number of benzene rings is 2. The van der Waals surface area contributed by atoms with Crippen molar-refractivity contribution in [1.82, 2.24) is 15.0 Å². The van der Waals surface area contributed by atoms with Crippen LogP contribution in [0.4, 0.5) is 0 Å². The van der Waals surface area contributed by atoms with Crippen molar-refractivity contribution in [1.29, 1.82) is 0 Å². The molecule has 2 aromatic heterocycles. The highest BCUT2D eigenvalue weighted by atomic mass is 14.9. The number of aryl methyl sites for hydroxylation is 1. The maximum atomic E-state index is 4.76. The molecule has 110 valence electrons. The first-order valence-electron chi connectivity index (χ1n) is 7.56. The average Bonchev–Trinajstić information content (AvgIpc) is 2.62. The van der Waals surface area contributed by atoms with E-state index in [4.69, 9.17) is 4.98 Å². The van der Waals surface area contributed by atoms with Crippen LogP contribution < -0.4 is 0 Å². The molecule has 0 bridgehead atoms. The number of pyridine rings is 1. The molecule has 3 heteroatoms. The molecule has 0 saturated heterocycles. The molecular formula is C20H15N3. The molecule has 0 atom stereocenters. The van der Waals surface area contributed by atoms with E-state index < -0.39 is 0 Å². The summed E-state index contributed by atoms with van der Waals surface area (Å²) in [5.74, 6) is 0.652. The van der Waals surface area contributed by atoms with Gasteiger partial charge in [0.1, 0.15) is 5.69 Å². The normalized spacial score (nSPS) is 10.8. The summed E-state index contributed by atoms with van der Waals surface area (Å²) in [5.41, 5.74) is 5.00. The van der Waals surface area contributed by atoms with E-state index in [1.54, 1.807) is 0 Å². The first-order valence-corrected chi connectivity index (χ1v) is 7.56. The van der Waals surface area contributed by atoms with Crippen molar-refractivity contribution in [3.05, 3.63) is 78.5 Å². The minimum Gasteiger partial charge on any atom is -0.244 e. The van der Waals surface area contributed by atoms with Gasteiger partial charge in [0.15, 0.2) is 5.82 Å². The van der Waals surface area contributed by atoms with Crippen molar-refractivity contribution in [2.45, 2.75) is 6.92 Å². The fourth-order valence-corrected chi connectivity index (χ4v) is 2.67. The topological polar surface area (TPSA) is 38.7 Å². The van der Waals surface area contributed by atoms with Crippen molar-refractivity contribution >= 4 is 10.9 Å². The smallest absolute Gasteiger partial charge is 0.178 e. The predicted octanol–water partition coefficient (Wildman–Crippen LogP) is 4.67. The third kappa shape index (κ3) is 2.57. The van der Waals surface area contributed by atoms with Crippen LogP contribution in [0, 0.1) is 6.92 Å². The first-order chi connectivity index (χ1) is 11.3. The van der Waals surface area contributed by atoms with Gasteiger partial charge in [-0.2, -0.15) is 0 Å². The monoisotopic (exact) mass is 297 g/mol. The molecule has 0 unspecified atom stereocenters. The number of aromatic nitrogens is 3. The van der Waals surface area contributed by atoms with E-state index >= 15 is 0 Å². The highest BCUT2D eigenvalue weighted by Gasteiger charge is 2.08. The van der Waals surface area contributed by atoms with E-state index in [2.05, 4.69) is 29.0 Å². The third-order valence-corrected chi connectivity index (χ3v) is 3.89. The van der Waals surface area contributed by atoms with Gasteiger partial charge in [0.25, 0.3) is 0 Å². The number of fused-ring (bicyclic) bond motifs is 1. The van der Waals surface area contributed by atoms with E-state index in [0.29, 0.717) is 5.82 Å². The largest absolute Gasteiger partial charge is 0.244 e. The lowest BCUT2D eigenvalue weighted by molar-refractivity contribution is 1.18. The summed E-state index contributed by atoms with van der Waals surface area (Å²) in [6, 6.07) is 22.2. The second kappa shape index (κ2) is 5.61. The van der Waals surface area contributed by atoms with Crippen LogP contribution in [-0.2, 0) is 0 Å². The molecular weight excluding hydrogens is 282 g/mol. The fourth-order valence-electron chi connectivity index (χ4n) is 2.67. The molecule has 0 aliphatic heterocycles. The van der Waals surface area contributed by atoms with Crippen LogP contribution in [-0.4, -0.2) is 15.0 Å². The van der Waals surface area contributed by atoms with Crippen LogP contribution in [0.25, 0.3) is 33.7 Å². The maximum absolute atomic E-state index is 4.76. The zero-order chi connectivity index (χ0) is 15.6. The summed E-state index contributed by atoms with van der Waals surface area (Å²) in [6.45, 7) is 2.09. The van der Waals surface area contributed by atoms with Gasteiger partial charge in [-0.1, -0.05) is 48.5 Å². The Hall–Kier alpha value is -3.07. The number of hydrogen-bond donors (Lipinski definition) is 0. The molecule has 4 rings (SSSR count). The van der Waals surface area contributed by atoms with E-state index in [9.17, 15) is 0 Å². The van der Waals surface area contributed by atoms with Crippen LogP contribution in [0.5, 0.6) is 0 Å². The van der Waals surface area contributed by atoms with Gasteiger partial charge in [-0.3, -0.25) is 0 Å². The Kier molecular flexibility index (Phi) is 3.31. The van der Waals surface area contributed by atoms with Gasteiger partial charge in [0.05, 0.1) is 11.2 Å². The lowest BCUT2D eigenvalue weighted by Crippen LogP contribution is -1.94. The van der Waals surface area contributed by atoms with Crippen LogP contribution in [0.2, 0.25) is 0 Å². The summed E-state index contributed by atoms with van der Waals surface area (Å²) >= 11 is 0. The minimum atomic E-state index is 0.652. The molecule has 0 saturated carbocycles. The Morgan fingerprint density at radius 3 is 2.39 bits per heavy atom. The number of nitrogens with zero attached hydrogens (tertiary/aromatic N) is 3. The van der Waals surface area contributed by atoms with Crippen LogP contribution in [0.1, 0.15) is 5.56 Å². The van der Waals surface area contributed by atoms with Gasteiger partial charge in [-0.05, 0) is 30.7 Å². The lowest BCUT2D eigenvalue weighted by atomic mass is 10.1. The fraction of sp³-hybridized carbons (Fsp3) is 0.0500. The Morgan fingerprint density at radius 2 is 1.48 bits per heavy atom. The molecule has 0 amide bonds. The summed E-state index contributed by atoms with van der Waals surface area (Å²) in [6.07, 6.45) is 1.85.